The number of hydrogen-bond donors (Lipinski definition) is 2. The number of allylic oxidation sites excluding steroid dienone is 2. The fourth-order valence-electron chi connectivity index (χ4n) is 0.776. The molecule has 0 radical (unpaired) electrons. The van der Waals surface area contributed by atoms with E-state index >= 15 is 0 Å². The van der Waals surface area contributed by atoms with Crippen molar-refractivity contribution in [3.8, 4) is 0 Å². The number of carbonyl (C=O) groups excluding carboxylic acids is 1. The first-order chi connectivity index (χ1) is 4.74. The summed E-state index contributed by atoms with van der Waals surface area (Å²) >= 11 is 0. The van der Waals surface area contributed by atoms with E-state index in [4.69, 9.17) is 10.2 Å². The molecular weight excluding hydrogens is 132 g/mol. The van der Waals surface area contributed by atoms with Crippen LogP contribution in [0.5, 0.6) is 0 Å². The first-order valence-corrected chi connectivity index (χ1v) is 2.98. The minimum atomic E-state index is -0.830. The highest BCUT2D eigenvalue weighted by molar-refractivity contribution is 5.78. The Bertz CT molecular complexity index is 203. The van der Waals surface area contributed by atoms with Crippen LogP contribution in [0.4, 0.5) is 0 Å². The van der Waals surface area contributed by atoms with E-state index in [0.29, 0.717) is 18.3 Å². The maximum Gasteiger partial charge on any atom is 0.149 e. The highest BCUT2D eigenvalue weighted by Gasteiger charge is 2.12. The van der Waals surface area contributed by atoms with Crippen LogP contribution in [0.2, 0.25) is 0 Å². The van der Waals surface area contributed by atoms with E-state index in [-0.39, 0.29) is 5.76 Å². The van der Waals surface area contributed by atoms with Crippen LogP contribution in [0.3, 0.4) is 0 Å². The molecule has 0 aliphatic heterocycles. The molecule has 0 heterocycles. The second-order valence-electron chi connectivity index (χ2n) is 2.14. The van der Waals surface area contributed by atoms with E-state index in [1.54, 1.807) is 6.08 Å². The molecule has 0 fully saturated rings. The van der Waals surface area contributed by atoms with Gasteiger partial charge in [0.15, 0.2) is 0 Å². The minimum absolute atomic E-state index is 0.135. The van der Waals surface area contributed by atoms with E-state index in [9.17, 15) is 4.79 Å². The molecule has 1 aliphatic carbocycles. The van der Waals surface area contributed by atoms with Crippen LogP contribution in [0, 0.1) is 0 Å². The van der Waals surface area contributed by atoms with Crippen molar-refractivity contribution >= 4 is 6.29 Å². The average Bonchev–Trinajstić information content (AvgIpc) is 1.95. The summed E-state index contributed by atoms with van der Waals surface area (Å²) in [6.07, 6.45) is 2.97. The van der Waals surface area contributed by atoms with Crippen molar-refractivity contribution < 1.29 is 15.0 Å². The molecule has 2 N–H and O–H groups in total. The van der Waals surface area contributed by atoms with Gasteiger partial charge in [0.25, 0.3) is 0 Å². The van der Waals surface area contributed by atoms with Gasteiger partial charge in [-0.1, -0.05) is 6.08 Å². The normalized spacial score (nSPS) is 25.1. The van der Waals surface area contributed by atoms with Crippen LogP contribution >= 0.6 is 0 Å². The van der Waals surface area contributed by atoms with E-state index in [1.807, 2.05) is 0 Å². The smallest absolute Gasteiger partial charge is 0.149 e. The predicted octanol–water partition coefficient (Wildman–Crippen LogP) is 0.318. The molecule has 1 aliphatic rings. The Kier molecular flexibility index (Phi) is 1.87. The third kappa shape index (κ3) is 1.25. The SMILES string of the molecule is O=CC1=CCC(O)C(O)=C1. The van der Waals surface area contributed by atoms with Gasteiger partial charge in [-0.25, -0.2) is 0 Å². The van der Waals surface area contributed by atoms with Gasteiger partial charge in [0.1, 0.15) is 18.1 Å². The summed E-state index contributed by atoms with van der Waals surface area (Å²) in [6.45, 7) is 0. The number of hydrogen-bond acceptors (Lipinski definition) is 3. The first-order valence-electron chi connectivity index (χ1n) is 2.98. The Morgan fingerprint density at radius 2 is 2.40 bits per heavy atom. The van der Waals surface area contributed by atoms with Gasteiger partial charge < -0.3 is 10.2 Å². The minimum Gasteiger partial charge on any atom is -0.510 e. The zero-order valence-electron chi connectivity index (χ0n) is 5.32. The number of carbonyl (C=O) groups is 1. The molecule has 0 aromatic rings. The largest absolute Gasteiger partial charge is 0.510 e. The van der Waals surface area contributed by atoms with Gasteiger partial charge in [0, 0.05) is 5.57 Å². The fraction of sp³-hybridized carbons (Fsp3) is 0.286. The molecule has 3 nitrogen and oxygen atoms in total. The molecule has 1 unspecified atom stereocenters. The van der Waals surface area contributed by atoms with Crippen molar-refractivity contribution in [1.29, 1.82) is 0 Å². The van der Waals surface area contributed by atoms with Gasteiger partial charge in [-0.15, -0.1) is 0 Å². The lowest BCUT2D eigenvalue weighted by molar-refractivity contribution is -0.104. The summed E-state index contributed by atoms with van der Waals surface area (Å²) in [5.74, 6) is -0.135. The zero-order valence-corrected chi connectivity index (χ0v) is 5.32. The monoisotopic (exact) mass is 140 g/mol. The maximum absolute atomic E-state index is 10.1. The molecule has 0 spiro atoms. The van der Waals surface area contributed by atoms with Crippen molar-refractivity contribution in [2.75, 3.05) is 0 Å². The Balaban J connectivity index is 2.78. The van der Waals surface area contributed by atoms with Crippen LogP contribution in [0.25, 0.3) is 0 Å². The first kappa shape index (κ1) is 7.02. The molecule has 0 bridgehead atoms. The van der Waals surface area contributed by atoms with E-state index in [1.165, 1.54) is 6.08 Å². The lowest BCUT2D eigenvalue weighted by Crippen LogP contribution is -2.12. The Morgan fingerprint density at radius 1 is 1.70 bits per heavy atom. The molecule has 54 valence electrons. The quantitative estimate of drug-likeness (QED) is 0.515. The molecule has 0 aromatic carbocycles. The van der Waals surface area contributed by atoms with Crippen molar-refractivity contribution in [2.24, 2.45) is 0 Å². The van der Waals surface area contributed by atoms with E-state index in [2.05, 4.69) is 0 Å². The Labute approximate surface area is 58.3 Å². The van der Waals surface area contributed by atoms with Crippen molar-refractivity contribution in [3.63, 3.8) is 0 Å². The van der Waals surface area contributed by atoms with Gasteiger partial charge in [-0.2, -0.15) is 0 Å². The van der Waals surface area contributed by atoms with Gasteiger partial charge >= 0.3 is 0 Å². The molecule has 0 saturated heterocycles. The van der Waals surface area contributed by atoms with Crippen LogP contribution < -0.4 is 0 Å². The average molecular weight is 140 g/mol. The maximum atomic E-state index is 10.1. The van der Waals surface area contributed by atoms with E-state index < -0.39 is 6.10 Å². The van der Waals surface area contributed by atoms with Crippen LogP contribution in [0.15, 0.2) is 23.5 Å². The highest BCUT2D eigenvalue weighted by Crippen LogP contribution is 2.13. The van der Waals surface area contributed by atoms with Crippen molar-refractivity contribution in [1.82, 2.24) is 0 Å². The summed E-state index contributed by atoms with van der Waals surface area (Å²) < 4.78 is 0. The lowest BCUT2D eigenvalue weighted by Gasteiger charge is -2.11. The van der Waals surface area contributed by atoms with Crippen LogP contribution in [0.1, 0.15) is 6.42 Å². The molecule has 0 amide bonds. The molecule has 10 heavy (non-hydrogen) atoms. The molecule has 0 saturated carbocycles. The standard InChI is InChI=1S/C7H8O3/c8-4-5-1-2-6(9)7(10)3-5/h1,3-4,6,9-10H,2H2. The zero-order chi connectivity index (χ0) is 7.56. The Hall–Kier alpha value is -1.09. The van der Waals surface area contributed by atoms with Gasteiger partial charge in [-0.3, -0.25) is 4.79 Å². The van der Waals surface area contributed by atoms with Crippen molar-refractivity contribution in [3.05, 3.63) is 23.5 Å². The second kappa shape index (κ2) is 2.66. The van der Waals surface area contributed by atoms with Gasteiger partial charge in [0.2, 0.25) is 0 Å². The lowest BCUT2D eigenvalue weighted by atomic mass is 10.0. The number of aliphatic hydroxyl groups is 2. The highest BCUT2D eigenvalue weighted by atomic mass is 16.3. The topological polar surface area (TPSA) is 57.5 Å². The Morgan fingerprint density at radius 3 is 2.90 bits per heavy atom. The number of aldehydes is 1. The molecule has 3 heteroatoms. The summed E-state index contributed by atoms with van der Waals surface area (Å²) in [5.41, 5.74) is 0.419. The molecule has 0 aromatic heterocycles. The van der Waals surface area contributed by atoms with E-state index in [0.717, 1.165) is 0 Å². The summed E-state index contributed by atoms with van der Waals surface area (Å²) in [6, 6.07) is 0. The van der Waals surface area contributed by atoms with Crippen molar-refractivity contribution in [2.45, 2.75) is 12.5 Å². The summed E-state index contributed by atoms with van der Waals surface area (Å²) in [4.78, 5) is 10.1. The molecular formula is C7H8O3. The summed E-state index contributed by atoms with van der Waals surface area (Å²) in [7, 11) is 0. The third-order valence-corrected chi connectivity index (χ3v) is 1.37. The van der Waals surface area contributed by atoms with Crippen LogP contribution in [-0.2, 0) is 4.79 Å². The van der Waals surface area contributed by atoms with Crippen LogP contribution in [-0.4, -0.2) is 22.6 Å². The second-order valence-corrected chi connectivity index (χ2v) is 2.14. The molecule has 1 atom stereocenters. The fourth-order valence-corrected chi connectivity index (χ4v) is 0.776. The number of rotatable bonds is 1. The summed E-state index contributed by atoms with van der Waals surface area (Å²) in [5, 5.41) is 17.8. The molecule has 1 rings (SSSR count). The predicted molar refractivity (Wildman–Crippen MR) is 35.5 cm³/mol. The number of aliphatic hydroxyl groups excluding tert-OH is 2. The third-order valence-electron chi connectivity index (χ3n) is 1.37. The van der Waals surface area contributed by atoms with Gasteiger partial charge in [-0.05, 0) is 12.5 Å². The van der Waals surface area contributed by atoms with Gasteiger partial charge in [0.05, 0.1) is 0 Å².